The number of alkyl halides is 3. The number of rotatable bonds is 4. The fourth-order valence-electron chi connectivity index (χ4n) is 5.17. The second-order valence-electron chi connectivity index (χ2n) is 9.51. The number of nitrogens with zero attached hydrogens (tertiary/aromatic N) is 3. The number of amides is 3. The number of carbonyl (C=O) groups is 3. The number of carboxylic acid groups (broad SMARTS) is 1. The van der Waals surface area contributed by atoms with Crippen LogP contribution >= 0.6 is 11.6 Å². The number of carbonyl (C=O) groups excluding carboxylic acids is 2. The summed E-state index contributed by atoms with van der Waals surface area (Å²) in [5, 5.41) is 10.1. The number of likely N-dealkylation sites (tertiary alicyclic amines) is 2. The molecule has 3 fully saturated rings. The van der Waals surface area contributed by atoms with Gasteiger partial charge in [-0.3, -0.25) is 9.59 Å². The monoisotopic (exact) mass is 501 g/mol. The van der Waals surface area contributed by atoms with Crippen molar-refractivity contribution in [3.05, 3.63) is 34.9 Å². The molecule has 11 heteroatoms. The van der Waals surface area contributed by atoms with Gasteiger partial charge in [-0.05, 0) is 43.4 Å². The highest BCUT2D eigenvalue weighted by Crippen LogP contribution is 2.58. The zero-order chi connectivity index (χ0) is 24.8. The van der Waals surface area contributed by atoms with Crippen molar-refractivity contribution in [2.45, 2.75) is 43.8 Å². The fourth-order valence-corrected chi connectivity index (χ4v) is 5.30. The molecule has 1 aliphatic carbocycles. The molecule has 3 aliphatic rings. The molecule has 34 heavy (non-hydrogen) atoms. The van der Waals surface area contributed by atoms with Crippen molar-refractivity contribution < 1.29 is 32.7 Å². The summed E-state index contributed by atoms with van der Waals surface area (Å²) < 4.78 is 39.9. The number of benzene rings is 1. The number of piperidine rings is 1. The molecule has 2 heterocycles. The van der Waals surface area contributed by atoms with E-state index in [2.05, 4.69) is 0 Å². The Morgan fingerprint density at radius 1 is 1.06 bits per heavy atom. The molecule has 2 aliphatic heterocycles. The molecule has 4 rings (SSSR count). The van der Waals surface area contributed by atoms with Crippen LogP contribution in [0.3, 0.4) is 0 Å². The number of hydrogen-bond acceptors (Lipinski definition) is 3. The molecule has 7 nitrogen and oxygen atoms in total. The quantitative estimate of drug-likeness (QED) is 0.680. The van der Waals surface area contributed by atoms with Crippen molar-refractivity contribution in [3.8, 4) is 0 Å². The van der Waals surface area contributed by atoms with Gasteiger partial charge in [0.2, 0.25) is 11.8 Å². The molecule has 1 aromatic carbocycles. The van der Waals surface area contributed by atoms with E-state index in [1.807, 2.05) is 12.1 Å². The van der Waals surface area contributed by atoms with E-state index < -0.39 is 35.6 Å². The summed E-state index contributed by atoms with van der Waals surface area (Å²) in [7, 11) is 1.47. The lowest BCUT2D eigenvalue weighted by Crippen LogP contribution is -2.49. The minimum atomic E-state index is -4.55. The van der Waals surface area contributed by atoms with Crippen molar-refractivity contribution in [1.29, 1.82) is 0 Å². The zero-order valence-electron chi connectivity index (χ0n) is 18.7. The van der Waals surface area contributed by atoms with Gasteiger partial charge >= 0.3 is 12.3 Å². The van der Waals surface area contributed by atoms with Crippen LogP contribution in [0.4, 0.5) is 18.0 Å². The molecule has 1 N–H and O–H groups in total. The second kappa shape index (κ2) is 8.94. The summed E-state index contributed by atoms with van der Waals surface area (Å²) in [4.78, 5) is 41.5. The lowest BCUT2D eigenvalue weighted by atomic mass is 9.93. The van der Waals surface area contributed by atoms with Gasteiger partial charge in [-0.15, -0.1) is 0 Å². The third-order valence-corrected chi connectivity index (χ3v) is 7.78. The van der Waals surface area contributed by atoms with E-state index in [9.17, 15) is 32.7 Å². The standard InChI is InChI=1S/C23H27ClF3N3O4/c1-28(21(33)34)18-13-30(12-17(18)14-2-4-16(24)5-3-14)19(31)15-6-10-29(11-7-15)20(32)22(8-9-22)23(25,26)27/h2-5,15,17-18H,6-13H2,1H3,(H,33,34)/t17-,18+/m0/s1. The first-order valence-electron chi connectivity index (χ1n) is 11.3. The smallest absolute Gasteiger partial charge is 0.407 e. The topological polar surface area (TPSA) is 81.2 Å². The van der Waals surface area contributed by atoms with E-state index in [1.54, 1.807) is 17.0 Å². The molecule has 1 aromatic rings. The van der Waals surface area contributed by atoms with Crippen LogP contribution in [0.1, 0.15) is 37.2 Å². The Morgan fingerprint density at radius 3 is 2.15 bits per heavy atom. The van der Waals surface area contributed by atoms with Gasteiger partial charge in [0.05, 0.1) is 6.04 Å². The van der Waals surface area contributed by atoms with Crippen LogP contribution in [-0.2, 0) is 9.59 Å². The predicted molar refractivity (Wildman–Crippen MR) is 117 cm³/mol. The highest BCUT2D eigenvalue weighted by Gasteiger charge is 2.69. The second-order valence-corrected chi connectivity index (χ2v) is 9.94. The van der Waals surface area contributed by atoms with Gasteiger partial charge < -0.3 is 19.8 Å². The molecule has 2 atom stereocenters. The van der Waals surface area contributed by atoms with E-state index in [0.29, 0.717) is 24.4 Å². The Morgan fingerprint density at radius 2 is 1.65 bits per heavy atom. The Kier molecular flexibility index (Phi) is 6.48. The summed E-state index contributed by atoms with van der Waals surface area (Å²) in [6, 6.07) is 6.65. The maximum Gasteiger partial charge on any atom is 0.407 e. The van der Waals surface area contributed by atoms with Crippen LogP contribution in [0.15, 0.2) is 24.3 Å². The maximum absolute atomic E-state index is 13.3. The molecule has 186 valence electrons. The van der Waals surface area contributed by atoms with Gasteiger partial charge in [-0.1, -0.05) is 23.7 Å². The highest BCUT2D eigenvalue weighted by molar-refractivity contribution is 6.30. The SMILES string of the molecule is CN(C(=O)O)[C@@H]1CN(C(=O)C2CCN(C(=O)C3(C(F)(F)F)CC3)CC2)C[C@H]1c1ccc(Cl)cc1. The van der Waals surface area contributed by atoms with E-state index >= 15 is 0 Å². The van der Waals surface area contributed by atoms with Gasteiger partial charge in [-0.25, -0.2) is 4.79 Å². The van der Waals surface area contributed by atoms with Crippen molar-refractivity contribution in [1.82, 2.24) is 14.7 Å². The van der Waals surface area contributed by atoms with Gasteiger partial charge in [0.25, 0.3) is 0 Å². The Labute approximate surface area is 200 Å². The van der Waals surface area contributed by atoms with E-state index in [-0.39, 0.29) is 44.3 Å². The molecule has 0 radical (unpaired) electrons. The van der Waals surface area contributed by atoms with Crippen LogP contribution in [0, 0.1) is 11.3 Å². The number of likely N-dealkylation sites (N-methyl/N-ethyl adjacent to an activating group) is 1. The normalized spacial score (nSPS) is 24.7. The number of hydrogen-bond donors (Lipinski definition) is 1. The van der Waals surface area contributed by atoms with Crippen LogP contribution in [0.2, 0.25) is 5.02 Å². The van der Waals surface area contributed by atoms with Gasteiger partial charge in [0.1, 0.15) is 5.41 Å². The molecular formula is C23H27ClF3N3O4. The molecule has 2 saturated heterocycles. The van der Waals surface area contributed by atoms with Gasteiger partial charge in [-0.2, -0.15) is 13.2 Å². The zero-order valence-corrected chi connectivity index (χ0v) is 19.5. The van der Waals surface area contributed by atoms with Gasteiger partial charge in [0, 0.05) is 50.1 Å². The molecular weight excluding hydrogens is 475 g/mol. The van der Waals surface area contributed by atoms with E-state index in [1.165, 1.54) is 16.8 Å². The third-order valence-electron chi connectivity index (χ3n) is 7.53. The lowest BCUT2D eigenvalue weighted by Gasteiger charge is -2.35. The molecule has 0 bridgehead atoms. The van der Waals surface area contributed by atoms with Crippen molar-refractivity contribution in [2.24, 2.45) is 11.3 Å². The first-order chi connectivity index (χ1) is 15.9. The predicted octanol–water partition coefficient (Wildman–Crippen LogP) is 3.83. The average Bonchev–Trinajstić information content (AvgIpc) is 3.52. The van der Waals surface area contributed by atoms with E-state index in [4.69, 9.17) is 11.6 Å². The largest absolute Gasteiger partial charge is 0.465 e. The van der Waals surface area contributed by atoms with E-state index in [0.717, 1.165) is 5.56 Å². The molecule has 0 aromatic heterocycles. The molecule has 1 saturated carbocycles. The molecule has 0 spiro atoms. The summed E-state index contributed by atoms with van der Waals surface area (Å²) in [5.74, 6) is -1.67. The summed E-state index contributed by atoms with van der Waals surface area (Å²) in [5.41, 5.74) is -1.36. The Balaban J connectivity index is 1.41. The van der Waals surface area contributed by atoms with Crippen LogP contribution in [0.25, 0.3) is 0 Å². The van der Waals surface area contributed by atoms with Crippen molar-refractivity contribution in [2.75, 3.05) is 33.2 Å². The molecule has 0 unspecified atom stereocenters. The highest BCUT2D eigenvalue weighted by atomic mass is 35.5. The first kappa shape index (κ1) is 24.6. The maximum atomic E-state index is 13.3. The summed E-state index contributed by atoms with van der Waals surface area (Å²) in [6.45, 7) is 0.782. The first-order valence-corrected chi connectivity index (χ1v) is 11.7. The lowest BCUT2D eigenvalue weighted by molar-refractivity contribution is -0.199. The minimum absolute atomic E-state index is 0.111. The Bertz CT molecular complexity index is 959. The van der Waals surface area contributed by atoms with Crippen LogP contribution < -0.4 is 0 Å². The minimum Gasteiger partial charge on any atom is -0.465 e. The fraction of sp³-hybridized carbons (Fsp3) is 0.609. The van der Waals surface area contributed by atoms with Crippen LogP contribution in [0.5, 0.6) is 0 Å². The summed E-state index contributed by atoms with van der Waals surface area (Å²) >= 11 is 5.98. The average molecular weight is 502 g/mol. The third kappa shape index (κ3) is 4.44. The van der Waals surface area contributed by atoms with Crippen LogP contribution in [-0.4, -0.2) is 83.2 Å². The van der Waals surface area contributed by atoms with Crippen molar-refractivity contribution in [3.63, 3.8) is 0 Å². The molecule has 3 amide bonds. The number of halogens is 4. The summed E-state index contributed by atoms with van der Waals surface area (Å²) in [6.07, 6.45) is -5.41. The van der Waals surface area contributed by atoms with Gasteiger partial charge in [0.15, 0.2) is 0 Å². The Hall–Kier alpha value is -2.49. The van der Waals surface area contributed by atoms with Crippen molar-refractivity contribution >= 4 is 29.5 Å².